The first-order valence-electron chi connectivity index (χ1n) is 8.71. The molecule has 0 saturated heterocycles. The van der Waals surface area contributed by atoms with Gasteiger partial charge in [0.2, 0.25) is 0 Å². The zero-order valence-electron chi connectivity index (χ0n) is 15.9. The Labute approximate surface area is 161 Å². The van der Waals surface area contributed by atoms with E-state index in [0.717, 1.165) is 18.6 Å². The highest BCUT2D eigenvalue weighted by Gasteiger charge is 2.30. The second-order valence-corrected chi connectivity index (χ2v) is 6.41. The van der Waals surface area contributed by atoms with Crippen LogP contribution in [0.5, 0.6) is 0 Å². The predicted octanol–water partition coefficient (Wildman–Crippen LogP) is 4.16. The number of carbonyl (C=O) groups excluding carboxylic acids is 2. The lowest BCUT2D eigenvalue weighted by atomic mass is 10.1. The summed E-state index contributed by atoms with van der Waals surface area (Å²) in [6.45, 7) is 2.44. The zero-order chi connectivity index (χ0) is 20.9. The fraction of sp³-hybridized carbons (Fsp3) is 0.300. The molecule has 28 heavy (non-hydrogen) atoms. The van der Waals surface area contributed by atoms with Gasteiger partial charge in [-0.05, 0) is 42.8 Å². The van der Waals surface area contributed by atoms with Gasteiger partial charge in [0.05, 0.1) is 11.1 Å². The van der Waals surface area contributed by atoms with Crippen molar-refractivity contribution in [2.45, 2.75) is 19.5 Å². The van der Waals surface area contributed by atoms with Gasteiger partial charge in [-0.1, -0.05) is 13.0 Å². The number of halogens is 3. The maximum Gasteiger partial charge on any atom is 0.416 e. The lowest BCUT2D eigenvalue weighted by molar-refractivity contribution is -0.137. The van der Waals surface area contributed by atoms with E-state index in [-0.39, 0.29) is 11.5 Å². The number of hydrogen-bond acceptors (Lipinski definition) is 3. The number of amides is 2. The molecule has 0 bridgehead atoms. The quantitative estimate of drug-likeness (QED) is 0.775. The summed E-state index contributed by atoms with van der Waals surface area (Å²) in [5, 5.41) is 5.33. The highest BCUT2D eigenvalue weighted by molar-refractivity contribution is 6.06. The molecule has 2 N–H and O–H groups in total. The van der Waals surface area contributed by atoms with Crippen LogP contribution in [-0.4, -0.2) is 32.5 Å². The van der Waals surface area contributed by atoms with Crippen molar-refractivity contribution < 1.29 is 22.8 Å². The Kier molecular flexibility index (Phi) is 6.66. The standard InChI is InChI=1S/C20H22F3N3O2/c1-4-10-24-19(28)16-12-15(8-9-17(16)26(2)3)25-18(27)13-6-5-7-14(11-13)20(21,22)23/h5-9,11-12H,4,10H2,1-3H3,(H,24,28)(H,25,27). The number of hydrogen-bond donors (Lipinski definition) is 2. The van der Waals surface area contributed by atoms with Gasteiger partial charge >= 0.3 is 6.18 Å². The molecular weight excluding hydrogens is 371 g/mol. The van der Waals surface area contributed by atoms with E-state index >= 15 is 0 Å². The van der Waals surface area contributed by atoms with Crippen molar-refractivity contribution >= 4 is 23.2 Å². The minimum atomic E-state index is -4.53. The number of nitrogens with one attached hydrogen (secondary N) is 2. The molecule has 5 nitrogen and oxygen atoms in total. The van der Waals surface area contributed by atoms with Crippen LogP contribution in [0.4, 0.5) is 24.5 Å². The molecule has 0 aromatic heterocycles. The number of carbonyl (C=O) groups is 2. The molecule has 0 atom stereocenters. The molecule has 0 aliphatic heterocycles. The third-order valence-electron chi connectivity index (χ3n) is 3.97. The van der Waals surface area contributed by atoms with E-state index in [1.54, 1.807) is 31.1 Å². The fourth-order valence-corrected chi connectivity index (χ4v) is 2.56. The third-order valence-corrected chi connectivity index (χ3v) is 3.97. The van der Waals surface area contributed by atoms with Gasteiger partial charge in [0, 0.05) is 37.6 Å². The normalized spacial score (nSPS) is 11.1. The molecule has 2 amide bonds. The molecule has 0 fully saturated rings. The number of nitrogens with zero attached hydrogens (tertiary/aromatic N) is 1. The molecule has 2 rings (SSSR count). The van der Waals surface area contributed by atoms with E-state index in [9.17, 15) is 22.8 Å². The molecule has 2 aromatic rings. The summed E-state index contributed by atoms with van der Waals surface area (Å²) in [5.41, 5.74) is 0.312. The van der Waals surface area contributed by atoms with Crippen LogP contribution >= 0.6 is 0 Å². The predicted molar refractivity (Wildman–Crippen MR) is 103 cm³/mol. The Morgan fingerprint density at radius 1 is 1.04 bits per heavy atom. The number of anilines is 2. The average molecular weight is 393 g/mol. The second kappa shape index (κ2) is 8.77. The minimum absolute atomic E-state index is 0.122. The van der Waals surface area contributed by atoms with Crippen LogP contribution in [0.2, 0.25) is 0 Å². The number of benzene rings is 2. The van der Waals surface area contributed by atoms with Crippen molar-refractivity contribution in [3.8, 4) is 0 Å². The van der Waals surface area contributed by atoms with Crippen molar-refractivity contribution in [3.05, 3.63) is 59.2 Å². The molecule has 0 aliphatic rings. The first-order chi connectivity index (χ1) is 13.1. The summed E-state index contributed by atoms with van der Waals surface area (Å²) in [6.07, 6.45) is -3.76. The van der Waals surface area contributed by atoms with Crippen molar-refractivity contribution in [3.63, 3.8) is 0 Å². The Balaban J connectivity index is 2.28. The fourth-order valence-electron chi connectivity index (χ4n) is 2.56. The maximum absolute atomic E-state index is 12.8. The summed E-state index contributed by atoms with van der Waals surface area (Å²) < 4.78 is 38.5. The van der Waals surface area contributed by atoms with E-state index in [2.05, 4.69) is 10.6 Å². The van der Waals surface area contributed by atoms with Gasteiger partial charge in [-0.25, -0.2) is 0 Å². The average Bonchev–Trinajstić information content (AvgIpc) is 2.65. The molecular formula is C20H22F3N3O2. The van der Waals surface area contributed by atoms with Crippen molar-refractivity contribution in [2.75, 3.05) is 30.9 Å². The van der Waals surface area contributed by atoms with Gasteiger partial charge in [-0.2, -0.15) is 13.2 Å². The van der Waals surface area contributed by atoms with Crippen LogP contribution in [0, 0.1) is 0 Å². The summed E-state index contributed by atoms with van der Waals surface area (Å²) in [6, 6.07) is 8.94. The molecule has 0 spiro atoms. The molecule has 0 heterocycles. The van der Waals surface area contributed by atoms with E-state index < -0.39 is 17.6 Å². The van der Waals surface area contributed by atoms with Crippen LogP contribution in [0.3, 0.4) is 0 Å². The number of alkyl halides is 3. The van der Waals surface area contributed by atoms with Crippen molar-refractivity contribution in [2.24, 2.45) is 0 Å². The summed E-state index contributed by atoms with van der Waals surface area (Å²) in [4.78, 5) is 26.6. The Hall–Kier alpha value is -3.03. The Morgan fingerprint density at radius 2 is 1.75 bits per heavy atom. The highest BCUT2D eigenvalue weighted by Crippen LogP contribution is 2.30. The zero-order valence-corrected chi connectivity index (χ0v) is 15.9. The minimum Gasteiger partial charge on any atom is -0.377 e. The van der Waals surface area contributed by atoms with Gasteiger partial charge in [0.15, 0.2) is 0 Å². The van der Waals surface area contributed by atoms with E-state index in [0.29, 0.717) is 23.5 Å². The molecule has 150 valence electrons. The van der Waals surface area contributed by atoms with E-state index in [4.69, 9.17) is 0 Å². The van der Waals surface area contributed by atoms with Crippen LogP contribution in [-0.2, 0) is 6.18 Å². The topological polar surface area (TPSA) is 61.4 Å². The van der Waals surface area contributed by atoms with Crippen molar-refractivity contribution in [1.82, 2.24) is 5.32 Å². The molecule has 0 unspecified atom stereocenters. The van der Waals surface area contributed by atoms with Gasteiger partial charge in [0.25, 0.3) is 11.8 Å². The van der Waals surface area contributed by atoms with Gasteiger partial charge < -0.3 is 15.5 Å². The van der Waals surface area contributed by atoms with Crippen molar-refractivity contribution in [1.29, 1.82) is 0 Å². The van der Waals surface area contributed by atoms with Crippen LogP contribution in [0.1, 0.15) is 39.6 Å². The molecule has 2 aromatic carbocycles. The molecule has 8 heteroatoms. The molecule has 0 saturated carbocycles. The SMILES string of the molecule is CCCNC(=O)c1cc(NC(=O)c2cccc(C(F)(F)F)c2)ccc1N(C)C. The lowest BCUT2D eigenvalue weighted by Gasteiger charge is -2.18. The highest BCUT2D eigenvalue weighted by atomic mass is 19.4. The summed E-state index contributed by atoms with van der Waals surface area (Å²) in [7, 11) is 3.57. The second-order valence-electron chi connectivity index (χ2n) is 6.41. The van der Waals surface area contributed by atoms with Gasteiger partial charge in [-0.15, -0.1) is 0 Å². The lowest BCUT2D eigenvalue weighted by Crippen LogP contribution is -2.26. The molecule has 0 aliphatic carbocycles. The van der Waals surface area contributed by atoms with Gasteiger partial charge in [-0.3, -0.25) is 9.59 Å². The third kappa shape index (κ3) is 5.25. The Morgan fingerprint density at radius 3 is 2.36 bits per heavy atom. The summed E-state index contributed by atoms with van der Waals surface area (Å²) in [5.74, 6) is -0.982. The first-order valence-corrected chi connectivity index (χ1v) is 8.71. The van der Waals surface area contributed by atoms with Crippen LogP contribution in [0.15, 0.2) is 42.5 Å². The van der Waals surface area contributed by atoms with Gasteiger partial charge in [0.1, 0.15) is 0 Å². The summed E-state index contributed by atoms with van der Waals surface area (Å²) >= 11 is 0. The monoisotopic (exact) mass is 393 g/mol. The largest absolute Gasteiger partial charge is 0.416 e. The molecule has 0 radical (unpaired) electrons. The van der Waals surface area contributed by atoms with E-state index in [1.807, 2.05) is 6.92 Å². The first kappa shape index (κ1) is 21.3. The van der Waals surface area contributed by atoms with Crippen LogP contribution < -0.4 is 15.5 Å². The van der Waals surface area contributed by atoms with E-state index in [1.165, 1.54) is 18.2 Å². The van der Waals surface area contributed by atoms with Crippen LogP contribution in [0.25, 0.3) is 0 Å². The smallest absolute Gasteiger partial charge is 0.377 e. The maximum atomic E-state index is 12.8. The Bertz CT molecular complexity index is 864. The number of rotatable bonds is 6.